The second-order valence-corrected chi connectivity index (χ2v) is 3.60. The molecule has 1 aromatic carbocycles. The number of carbonyl (C=O) groups is 1. The number of methoxy groups -OCH3 is 2. The van der Waals surface area contributed by atoms with Gasteiger partial charge in [0.15, 0.2) is 6.29 Å². The summed E-state index contributed by atoms with van der Waals surface area (Å²) in [5.74, 6) is -0.948. The number of rotatable bonds is 5. The summed E-state index contributed by atoms with van der Waals surface area (Å²) in [4.78, 5) is 11.2. The molecule has 0 aromatic heterocycles. The van der Waals surface area contributed by atoms with Crippen molar-refractivity contribution in [2.45, 2.75) is 12.7 Å². The normalized spacial score (nSPS) is 13.2. The highest BCUT2D eigenvalue weighted by Crippen LogP contribution is 2.14. The zero-order valence-corrected chi connectivity index (χ0v) is 10.2. The predicted octanol–water partition coefficient (Wildman–Crippen LogP) is 2.14. The Labute approximate surface area is 105 Å². The first kappa shape index (κ1) is 14.3. The van der Waals surface area contributed by atoms with Gasteiger partial charge in [0.1, 0.15) is 5.83 Å². The molecule has 0 amide bonds. The maximum Gasteiger partial charge on any atom is 0.337 e. The summed E-state index contributed by atoms with van der Waals surface area (Å²) < 4.78 is 22.5. The van der Waals surface area contributed by atoms with Crippen molar-refractivity contribution >= 4 is 12.0 Å². The lowest BCUT2D eigenvalue weighted by atomic mass is 10.1. The molecule has 0 saturated heterocycles. The predicted molar refractivity (Wildman–Crippen MR) is 64.5 cm³/mol. The van der Waals surface area contributed by atoms with Crippen molar-refractivity contribution in [3.8, 4) is 0 Å². The second-order valence-electron chi connectivity index (χ2n) is 3.60. The van der Waals surface area contributed by atoms with Gasteiger partial charge < -0.3 is 14.6 Å². The molecular formula is C13H15FO4. The number of aliphatic hydroxyl groups excluding tert-OH is 1. The van der Waals surface area contributed by atoms with Gasteiger partial charge in [-0.3, -0.25) is 0 Å². The van der Waals surface area contributed by atoms with Gasteiger partial charge in [0.2, 0.25) is 0 Å². The van der Waals surface area contributed by atoms with E-state index in [4.69, 9.17) is 5.11 Å². The number of ether oxygens (including phenoxy) is 2. The topological polar surface area (TPSA) is 55.8 Å². The Balaban J connectivity index is 2.73. The number of hydrogen-bond acceptors (Lipinski definition) is 4. The van der Waals surface area contributed by atoms with Crippen molar-refractivity contribution in [1.82, 2.24) is 0 Å². The number of hydrogen-bond donors (Lipinski definition) is 1. The largest absolute Gasteiger partial charge is 0.465 e. The van der Waals surface area contributed by atoms with E-state index in [2.05, 4.69) is 9.47 Å². The highest BCUT2D eigenvalue weighted by Gasteiger charge is 2.07. The first-order chi connectivity index (χ1) is 8.56. The van der Waals surface area contributed by atoms with Crippen molar-refractivity contribution in [1.29, 1.82) is 0 Å². The van der Waals surface area contributed by atoms with Crippen LogP contribution in [0.2, 0.25) is 0 Å². The minimum absolute atomic E-state index is 0.213. The Kier molecular flexibility index (Phi) is 5.48. The van der Waals surface area contributed by atoms with E-state index in [1.165, 1.54) is 32.4 Å². The zero-order valence-electron chi connectivity index (χ0n) is 10.2. The molecule has 0 bridgehead atoms. The Hall–Kier alpha value is -1.72. The van der Waals surface area contributed by atoms with E-state index in [0.29, 0.717) is 11.1 Å². The van der Waals surface area contributed by atoms with Crippen LogP contribution in [0.4, 0.5) is 4.39 Å². The molecule has 4 nitrogen and oxygen atoms in total. The summed E-state index contributed by atoms with van der Waals surface area (Å²) in [7, 11) is 2.59. The van der Waals surface area contributed by atoms with Crippen LogP contribution in [0.1, 0.15) is 22.3 Å². The number of benzene rings is 1. The molecule has 98 valence electrons. The van der Waals surface area contributed by atoms with Crippen LogP contribution in [0.3, 0.4) is 0 Å². The molecule has 1 rings (SSSR count). The molecule has 1 N–H and O–H groups in total. The standard InChI is InChI=1S/C13H15FO4/c1-17-12(15)8-11(14)7-9-3-5-10(6-4-9)13(16)18-2/h3-7,12,15H,8H2,1-2H3/b11-7-. The van der Waals surface area contributed by atoms with Gasteiger partial charge in [-0.15, -0.1) is 0 Å². The molecule has 0 aliphatic carbocycles. The molecular weight excluding hydrogens is 239 g/mol. The van der Waals surface area contributed by atoms with E-state index in [1.807, 2.05) is 0 Å². The SMILES string of the molecule is COC(=O)c1ccc(/C=C(\F)CC(O)OC)cc1. The fourth-order valence-corrected chi connectivity index (χ4v) is 1.32. The van der Waals surface area contributed by atoms with Gasteiger partial charge in [0, 0.05) is 7.11 Å². The third-order valence-corrected chi connectivity index (χ3v) is 2.30. The number of esters is 1. The Morgan fingerprint density at radius 1 is 1.39 bits per heavy atom. The minimum Gasteiger partial charge on any atom is -0.465 e. The molecule has 1 atom stereocenters. The van der Waals surface area contributed by atoms with Gasteiger partial charge in [-0.1, -0.05) is 12.1 Å². The number of carbonyl (C=O) groups excluding carboxylic acids is 1. The van der Waals surface area contributed by atoms with Gasteiger partial charge in [-0.2, -0.15) is 0 Å². The van der Waals surface area contributed by atoms with Gasteiger partial charge in [-0.05, 0) is 23.8 Å². The molecule has 1 aromatic rings. The third-order valence-electron chi connectivity index (χ3n) is 2.30. The Bertz CT molecular complexity index is 425. The monoisotopic (exact) mass is 254 g/mol. The average molecular weight is 254 g/mol. The zero-order chi connectivity index (χ0) is 13.5. The Morgan fingerprint density at radius 2 is 2.00 bits per heavy atom. The fourth-order valence-electron chi connectivity index (χ4n) is 1.32. The summed E-state index contributed by atoms with van der Waals surface area (Å²) in [5, 5.41) is 9.09. The van der Waals surface area contributed by atoms with Crippen LogP contribution in [0, 0.1) is 0 Å². The fraction of sp³-hybridized carbons (Fsp3) is 0.308. The molecule has 0 heterocycles. The number of halogens is 1. The van der Waals surface area contributed by atoms with Crippen LogP contribution < -0.4 is 0 Å². The number of aliphatic hydroxyl groups is 1. The van der Waals surface area contributed by atoms with Gasteiger partial charge in [0.05, 0.1) is 19.1 Å². The van der Waals surface area contributed by atoms with E-state index >= 15 is 0 Å². The van der Waals surface area contributed by atoms with Crippen molar-refractivity contribution in [2.24, 2.45) is 0 Å². The minimum atomic E-state index is -1.16. The van der Waals surface area contributed by atoms with Crippen LogP contribution in [-0.2, 0) is 9.47 Å². The smallest absolute Gasteiger partial charge is 0.337 e. The summed E-state index contributed by atoms with van der Waals surface area (Å²) in [6.07, 6.45) is -0.103. The first-order valence-corrected chi connectivity index (χ1v) is 5.32. The van der Waals surface area contributed by atoms with E-state index in [0.717, 1.165) is 0 Å². The lowest BCUT2D eigenvalue weighted by molar-refractivity contribution is -0.0744. The Morgan fingerprint density at radius 3 is 2.50 bits per heavy atom. The molecule has 1 unspecified atom stereocenters. The quantitative estimate of drug-likeness (QED) is 0.646. The van der Waals surface area contributed by atoms with E-state index in [1.54, 1.807) is 12.1 Å². The molecule has 0 saturated carbocycles. The van der Waals surface area contributed by atoms with Crippen molar-refractivity contribution in [3.63, 3.8) is 0 Å². The van der Waals surface area contributed by atoms with Crippen LogP contribution in [0.25, 0.3) is 6.08 Å². The van der Waals surface area contributed by atoms with Crippen LogP contribution in [0.15, 0.2) is 30.1 Å². The molecule has 0 aliphatic rings. The summed E-state index contributed by atoms with van der Waals surface area (Å²) in [6, 6.07) is 6.26. The van der Waals surface area contributed by atoms with Crippen LogP contribution in [-0.4, -0.2) is 31.6 Å². The first-order valence-electron chi connectivity index (χ1n) is 5.32. The molecule has 0 spiro atoms. The summed E-state index contributed by atoms with van der Waals surface area (Å²) in [5.41, 5.74) is 0.982. The van der Waals surface area contributed by atoms with Gasteiger partial charge in [-0.25, -0.2) is 9.18 Å². The second kappa shape index (κ2) is 6.88. The highest BCUT2D eigenvalue weighted by molar-refractivity contribution is 5.89. The van der Waals surface area contributed by atoms with Crippen molar-refractivity contribution < 1.29 is 23.8 Å². The lowest BCUT2D eigenvalue weighted by Crippen LogP contribution is -2.08. The maximum atomic E-state index is 13.4. The van der Waals surface area contributed by atoms with Crippen LogP contribution in [0.5, 0.6) is 0 Å². The summed E-state index contributed by atoms with van der Waals surface area (Å²) >= 11 is 0. The highest BCUT2D eigenvalue weighted by atomic mass is 19.1. The van der Waals surface area contributed by atoms with E-state index < -0.39 is 18.1 Å². The van der Waals surface area contributed by atoms with Crippen molar-refractivity contribution in [2.75, 3.05) is 14.2 Å². The lowest BCUT2D eigenvalue weighted by Gasteiger charge is -2.06. The van der Waals surface area contributed by atoms with Gasteiger partial charge in [0.25, 0.3) is 0 Å². The maximum absolute atomic E-state index is 13.4. The van der Waals surface area contributed by atoms with E-state index in [-0.39, 0.29) is 6.42 Å². The average Bonchev–Trinajstić information content (AvgIpc) is 2.38. The molecule has 0 fully saturated rings. The molecule has 0 radical (unpaired) electrons. The molecule has 18 heavy (non-hydrogen) atoms. The summed E-state index contributed by atoms with van der Waals surface area (Å²) in [6.45, 7) is 0. The van der Waals surface area contributed by atoms with Gasteiger partial charge >= 0.3 is 5.97 Å². The van der Waals surface area contributed by atoms with E-state index in [9.17, 15) is 9.18 Å². The van der Waals surface area contributed by atoms with Crippen molar-refractivity contribution in [3.05, 3.63) is 41.2 Å². The van der Waals surface area contributed by atoms with Crippen LogP contribution >= 0.6 is 0 Å². The third kappa shape index (κ3) is 4.27. The molecule has 5 heteroatoms. The molecule has 0 aliphatic heterocycles.